The molecule has 0 radical (unpaired) electrons. The lowest BCUT2D eigenvalue weighted by atomic mass is 9.90. The number of rotatable bonds is 6. The number of amides is 2. The zero-order chi connectivity index (χ0) is 19.8. The van der Waals surface area contributed by atoms with Crippen LogP contribution in [-0.2, 0) is 16.0 Å². The third-order valence-corrected chi connectivity index (χ3v) is 6.57. The first-order valence-electron chi connectivity index (χ1n) is 11.2. The van der Waals surface area contributed by atoms with Gasteiger partial charge in [-0.3, -0.25) is 9.59 Å². The molecule has 28 heavy (non-hydrogen) atoms. The van der Waals surface area contributed by atoms with E-state index in [1.165, 1.54) is 31.2 Å². The summed E-state index contributed by atoms with van der Waals surface area (Å²) < 4.78 is 0. The third kappa shape index (κ3) is 6.08. The van der Waals surface area contributed by atoms with Gasteiger partial charge in [-0.2, -0.15) is 0 Å². The minimum absolute atomic E-state index is 0.126. The van der Waals surface area contributed by atoms with Crippen LogP contribution in [0.25, 0.3) is 0 Å². The van der Waals surface area contributed by atoms with E-state index in [4.69, 9.17) is 0 Å². The number of carbonyl (C=O) groups excluding carboxylic acids is 2. The lowest BCUT2D eigenvalue weighted by Crippen LogP contribution is -2.43. The van der Waals surface area contributed by atoms with E-state index in [1.54, 1.807) is 6.92 Å². The quantitative estimate of drug-likeness (QED) is 0.681. The summed E-state index contributed by atoms with van der Waals surface area (Å²) >= 11 is 0. The number of nitrogens with zero attached hydrogens (tertiary/aromatic N) is 2. The second kappa shape index (κ2) is 10.6. The predicted molar refractivity (Wildman–Crippen MR) is 113 cm³/mol. The number of carbonyl (C=O) groups is 2. The van der Waals surface area contributed by atoms with Crippen molar-refractivity contribution in [2.24, 2.45) is 5.92 Å². The van der Waals surface area contributed by atoms with Gasteiger partial charge >= 0.3 is 0 Å². The van der Waals surface area contributed by atoms with Crippen molar-refractivity contribution in [3.8, 4) is 0 Å². The second-order valence-corrected chi connectivity index (χ2v) is 8.62. The van der Waals surface area contributed by atoms with Crippen LogP contribution in [0.3, 0.4) is 0 Å². The van der Waals surface area contributed by atoms with Gasteiger partial charge in [0.05, 0.1) is 0 Å². The van der Waals surface area contributed by atoms with Gasteiger partial charge in [-0.15, -0.1) is 0 Å². The molecule has 1 aromatic rings. The normalized spacial score (nSPS) is 19.2. The molecule has 2 fully saturated rings. The van der Waals surface area contributed by atoms with E-state index in [0.29, 0.717) is 24.9 Å². The molecule has 0 N–H and O–H groups in total. The van der Waals surface area contributed by atoms with Crippen LogP contribution in [0.2, 0.25) is 0 Å². The Kier molecular flexibility index (Phi) is 7.93. The molecule has 0 unspecified atom stereocenters. The van der Waals surface area contributed by atoms with E-state index in [1.807, 2.05) is 9.80 Å². The molecule has 0 spiro atoms. The Labute approximate surface area is 170 Å². The van der Waals surface area contributed by atoms with Crippen LogP contribution in [0.5, 0.6) is 0 Å². The maximum Gasteiger partial charge on any atom is 0.224 e. The largest absolute Gasteiger partial charge is 0.343 e. The Morgan fingerprint density at radius 3 is 2.21 bits per heavy atom. The Hall–Kier alpha value is -1.84. The summed E-state index contributed by atoms with van der Waals surface area (Å²) in [5, 5.41) is 0. The number of piperidine rings is 1. The Morgan fingerprint density at radius 1 is 0.964 bits per heavy atom. The van der Waals surface area contributed by atoms with E-state index in [9.17, 15) is 9.59 Å². The Bertz CT molecular complexity index is 615. The van der Waals surface area contributed by atoms with Gasteiger partial charge in [-0.25, -0.2) is 0 Å². The summed E-state index contributed by atoms with van der Waals surface area (Å²) in [4.78, 5) is 28.9. The van der Waals surface area contributed by atoms with Crippen molar-refractivity contribution in [2.45, 2.75) is 77.2 Å². The van der Waals surface area contributed by atoms with E-state index in [2.05, 4.69) is 30.3 Å². The molecule has 1 aliphatic carbocycles. The molecule has 4 heteroatoms. The molecule has 1 heterocycles. The lowest BCUT2D eigenvalue weighted by Gasteiger charge is -2.34. The van der Waals surface area contributed by atoms with Crippen molar-refractivity contribution in [3.63, 3.8) is 0 Å². The van der Waals surface area contributed by atoms with Gasteiger partial charge in [0, 0.05) is 39.0 Å². The highest BCUT2D eigenvalue weighted by molar-refractivity contribution is 5.78. The monoisotopic (exact) mass is 384 g/mol. The lowest BCUT2D eigenvalue weighted by molar-refractivity contribution is -0.135. The zero-order valence-electron chi connectivity index (χ0n) is 17.4. The fourth-order valence-corrected chi connectivity index (χ4v) is 4.87. The standard InChI is InChI=1S/C24H36N2O2/c1-20(27)26(23-11-7-2-3-8-12-23)18-15-24(28)25-16-13-22(14-17-25)19-21-9-5-4-6-10-21/h4-6,9-10,22-23H,2-3,7-8,11-19H2,1H3. The maximum atomic E-state index is 12.7. The van der Waals surface area contributed by atoms with Gasteiger partial charge in [0.2, 0.25) is 11.8 Å². The molecular formula is C24H36N2O2. The first-order valence-corrected chi connectivity index (χ1v) is 11.2. The van der Waals surface area contributed by atoms with Gasteiger partial charge in [-0.05, 0) is 43.6 Å². The van der Waals surface area contributed by atoms with Crippen LogP contribution >= 0.6 is 0 Å². The molecule has 2 aliphatic rings. The highest BCUT2D eigenvalue weighted by atomic mass is 16.2. The maximum absolute atomic E-state index is 12.7. The Balaban J connectivity index is 1.43. The van der Waals surface area contributed by atoms with Gasteiger partial charge in [-0.1, -0.05) is 56.0 Å². The Morgan fingerprint density at radius 2 is 1.61 bits per heavy atom. The first-order chi connectivity index (χ1) is 13.6. The van der Waals surface area contributed by atoms with Gasteiger partial charge < -0.3 is 9.80 Å². The van der Waals surface area contributed by atoms with Crippen LogP contribution in [0.1, 0.15) is 70.3 Å². The van der Waals surface area contributed by atoms with E-state index in [0.717, 1.165) is 45.2 Å². The molecule has 1 saturated carbocycles. The molecule has 1 aromatic carbocycles. The molecule has 0 atom stereocenters. The van der Waals surface area contributed by atoms with Crippen molar-refractivity contribution in [1.82, 2.24) is 9.80 Å². The number of benzene rings is 1. The van der Waals surface area contributed by atoms with Crippen LogP contribution in [0.4, 0.5) is 0 Å². The number of hydrogen-bond donors (Lipinski definition) is 0. The van der Waals surface area contributed by atoms with Crippen LogP contribution in [0, 0.1) is 5.92 Å². The average Bonchev–Trinajstić information content (AvgIpc) is 2.98. The van der Waals surface area contributed by atoms with E-state index in [-0.39, 0.29) is 11.8 Å². The van der Waals surface area contributed by atoms with Crippen molar-refractivity contribution in [1.29, 1.82) is 0 Å². The first kappa shape index (κ1) is 20.9. The summed E-state index contributed by atoms with van der Waals surface area (Å²) in [5.74, 6) is 1.02. The highest BCUT2D eigenvalue weighted by Gasteiger charge is 2.26. The third-order valence-electron chi connectivity index (χ3n) is 6.57. The van der Waals surface area contributed by atoms with Crippen molar-refractivity contribution in [2.75, 3.05) is 19.6 Å². The summed E-state index contributed by atoms with van der Waals surface area (Å²) in [6, 6.07) is 11.0. The molecular weight excluding hydrogens is 348 g/mol. The number of hydrogen-bond acceptors (Lipinski definition) is 2. The van der Waals surface area contributed by atoms with Gasteiger partial charge in [0.25, 0.3) is 0 Å². The second-order valence-electron chi connectivity index (χ2n) is 8.62. The fourth-order valence-electron chi connectivity index (χ4n) is 4.87. The number of likely N-dealkylation sites (tertiary alicyclic amines) is 1. The summed E-state index contributed by atoms with van der Waals surface area (Å²) in [6.45, 7) is 3.97. The fraction of sp³-hybridized carbons (Fsp3) is 0.667. The van der Waals surface area contributed by atoms with Crippen molar-refractivity contribution >= 4 is 11.8 Å². The average molecular weight is 385 g/mol. The molecule has 2 amide bonds. The summed E-state index contributed by atoms with van der Waals surface area (Å²) in [6.07, 6.45) is 10.9. The van der Waals surface area contributed by atoms with E-state index >= 15 is 0 Å². The highest BCUT2D eigenvalue weighted by Crippen LogP contribution is 2.24. The molecule has 154 valence electrons. The van der Waals surface area contributed by atoms with Crippen molar-refractivity contribution in [3.05, 3.63) is 35.9 Å². The van der Waals surface area contributed by atoms with Crippen LogP contribution in [0.15, 0.2) is 30.3 Å². The molecule has 1 aliphatic heterocycles. The molecule has 3 rings (SSSR count). The molecule has 1 saturated heterocycles. The predicted octanol–water partition coefficient (Wildman–Crippen LogP) is 4.43. The van der Waals surface area contributed by atoms with Crippen LogP contribution < -0.4 is 0 Å². The minimum Gasteiger partial charge on any atom is -0.343 e. The smallest absolute Gasteiger partial charge is 0.224 e. The molecule has 0 aromatic heterocycles. The summed E-state index contributed by atoms with van der Waals surface area (Å²) in [7, 11) is 0. The van der Waals surface area contributed by atoms with Gasteiger partial charge in [0.1, 0.15) is 0 Å². The molecule has 4 nitrogen and oxygen atoms in total. The molecule has 0 bridgehead atoms. The summed E-state index contributed by atoms with van der Waals surface area (Å²) in [5.41, 5.74) is 1.40. The van der Waals surface area contributed by atoms with Crippen LogP contribution in [-0.4, -0.2) is 47.3 Å². The van der Waals surface area contributed by atoms with Gasteiger partial charge in [0.15, 0.2) is 0 Å². The van der Waals surface area contributed by atoms with E-state index < -0.39 is 0 Å². The van der Waals surface area contributed by atoms with Crippen molar-refractivity contribution < 1.29 is 9.59 Å². The minimum atomic E-state index is 0.126. The SMILES string of the molecule is CC(=O)N(CCC(=O)N1CCC(Cc2ccccc2)CC1)C1CCCCCC1. The topological polar surface area (TPSA) is 40.6 Å². The zero-order valence-corrected chi connectivity index (χ0v) is 17.4.